The molecule has 0 bridgehead atoms. The van der Waals surface area contributed by atoms with Crippen molar-refractivity contribution in [2.24, 2.45) is 0 Å². The van der Waals surface area contributed by atoms with Gasteiger partial charge in [0.2, 0.25) is 11.9 Å². The number of aromatic nitrogens is 3. The first-order valence-electron chi connectivity index (χ1n) is 8.82. The van der Waals surface area contributed by atoms with Gasteiger partial charge in [-0.15, -0.1) is 0 Å². The number of nitrogens with zero attached hydrogens (tertiary/aromatic N) is 5. The van der Waals surface area contributed by atoms with Crippen molar-refractivity contribution in [3.8, 4) is 11.3 Å². The van der Waals surface area contributed by atoms with Crippen LogP contribution in [-0.4, -0.2) is 51.9 Å². The van der Waals surface area contributed by atoms with Crippen molar-refractivity contribution in [3.63, 3.8) is 0 Å². The number of nitrogens with two attached hydrogens (primary N) is 1. The standard InChI is InChI=1S/C19H18Cl2N6O/c1-11(28)26-6-8-27(9-7-26)18-17-16(24-19(22)25-18)5-4-15(23-17)12-2-3-13(20)14(21)10-12/h2-5,10H,6-9H2,1H3,(H2,22,24,25). The second-order valence-electron chi connectivity index (χ2n) is 6.59. The molecular weight excluding hydrogens is 399 g/mol. The molecule has 0 radical (unpaired) electrons. The van der Waals surface area contributed by atoms with E-state index in [0.29, 0.717) is 53.1 Å². The van der Waals surface area contributed by atoms with Gasteiger partial charge in [-0.2, -0.15) is 4.98 Å². The zero-order chi connectivity index (χ0) is 19.8. The Bertz CT molecular complexity index is 1070. The van der Waals surface area contributed by atoms with E-state index in [1.165, 1.54) is 0 Å². The van der Waals surface area contributed by atoms with Crippen LogP contribution >= 0.6 is 23.2 Å². The van der Waals surface area contributed by atoms with Crippen molar-refractivity contribution in [2.45, 2.75) is 6.92 Å². The highest BCUT2D eigenvalue weighted by Gasteiger charge is 2.22. The van der Waals surface area contributed by atoms with Gasteiger partial charge in [0.1, 0.15) is 5.52 Å². The predicted octanol–water partition coefficient (Wildman–Crippen LogP) is 3.25. The first-order valence-corrected chi connectivity index (χ1v) is 9.58. The van der Waals surface area contributed by atoms with Gasteiger partial charge in [0.25, 0.3) is 0 Å². The van der Waals surface area contributed by atoms with Crippen molar-refractivity contribution in [2.75, 3.05) is 36.8 Å². The normalized spacial score (nSPS) is 14.5. The van der Waals surface area contributed by atoms with Crippen LogP contribution in [0.2, 0.25) is 10.0 Å². The fraction of sp³-hybridized carbons (Fsp3) is 0.263. The van der Waals surface area contributed by atoms with Gasteiger partial charge in [0, 0.05) is 38.7 Å². The van der Waals surface area contributed by atoms with Gasteiger partial charge in [-0.25, -0.2) is 9.97 Å². The third-order valence-corrected chi connectivity index (χ3v) is 5.52. The molecule has 28 heavy (non-hydrogen) atoms. The molecule has 7 nitrogen and oxygen atoms in total. The fourth-order valence-corrected chi connectivity index (χ4v) is 3.58. The molecule has 1 amide bonds. The molecule has 1 saturated heterocycles. The van der Waals surface area contributed by atoms with Crippen molar-refractivity contribution in [1.82, 2.24) is 19.9 Å². The molecule has 1 aliphatic heterocycles. The minimum atomic E-state index is 0.0757. The summed E-state index contributed by atoms with van der Waals surface area (Å²) in [5.74, 6) is 0.944. The minimum Gasteiger partial charge on any atom is -0.368 e. The molecule has 1 aromatic carbocycles. The number of amides is 1. The number of pyridine rings is 1. The Kier molecular flexibility index (Phi) is 4.95. The maximum atomic E-state index is 11.6. The Morgan fingerprint density at radius 3 is 2.43 bits per heavy atom. The van der Waals surface area contributed by atoms with Gasteiger partial charge in [-0.05, 0) is 24.3 Å². The molecule has 1 aliphatic rings. The van der Waals surface area contributed by atoms with Crippen LogP contribution < -0.4 is 10.6 Å². The maximum absolute atomic E-state index is 11.6. The monoisotopic (exact) mass is 416 g/mol. The molecule has 3 heterocycles. The van der Waals surface area contributed by atoms with Gasteiger partial charge in [-0.1, -0.05) is 29.3 Å². The SMILES string of the molecule is CC(=O)N1CCN(c2nc(N)nc3ccc(-c4ccc(Cl)c(Cl)c4)nc23)CC1. The van der Waals surface area contributed by atoms with Crippen molar-refractivity contribution in [3.05, 3.63) is 40.4 Å². The molecule has 0 atom stereocenters. The van der Waals surface area contributed by atoms with Crippen LogP contribution in [0.25, 0.3) is 22.3 Å². The van der Waals surface area contributed by atoms with E-state index in [0.717, 1.165) is 11.3 Å². The molecule has 0 saturated carbocycles. The van der Waals surface area contributed by atoms with E-state index in [1.54, 1.807) is 19.1 Å². The van der Waals surface area contributed by atoms with Crippen LogP contribution in [0.5, 0.6) is 0 Å². The van der Waals surface area contributed by atoms with E-state index >= 15 is 0 Å². The lowest BCUT2D eigenvalue weighted by molar-refractivity contribution is -0.129. The Morgan fingerprint density at radius 2 is 1.75 bits per heavy atom. The molecular formula is C19H18Cl2N6O. The first-order chi connectivity index (χ1) is 13.4. The quantitative estimate of drug-likeness (QED) is 0.689. The third kappa shape index (κ3) is 3.55. The number of rotatable bonds is 2. The van der Waals surface area contributed by atoms with Gasteiger partial charge < -0.3 is 15.5 Å². The Labute approximate surface area is 172 Å². The summed E-state index contributed by atoms with van der Waals surface area (Å²) >= 11 is 12.2. The van der Waals surface area contributed by atoms with Crippen LogP contribution in [0.1, 0.15) is 6.92 Å². The van der Waals surface area contributed by atoms with Crippen LogP contribution in [0.15, 0.2) is 30.3 Å². The van der Waals surface area contributed by atoms with E-state index in [2.05, 4.69) is 14.9 Å². The Balaban J connectivity index is 1.76. The third-order valence-electron chi connectivity index (χ3n) is 4.78. The molecule has 0 spiro atoms. The van der Waals surface area contributed by atoms with Gasteiger partial charge >= 0.3 is 0 Å². The molecule has 9 heteroatoms. The zero-order valence-corrected chi connectivity index (χ0v) is 16.7. The van der Waals surface area contributed by atoms with Crippen LogP contribution in [-0.2, 0) is 4.79 Å². The fourth-order valence-electron chi connectivity index (χ4n) is 3.29. The maximum Gasteiger partial charge on any atom is 0.222 e. The van der Waals surface area contributed by atoms with E-state index in [4.69, 9.17) is 33.9 Å². The molecule has 2 aromatic heterocycles. The number of fused-ring (bicyclic) bond motifs is 1. The lowest BCUT2D eigenvalue weighted by Gasteiger charge is -2.35. The average molecular weight is 417 g/mol. The number of hydrogen-bond donors (Lipinski definition) is 1. The number of nitrogen functional groups attached to an aromatic ring is 1. The van der Waals surface area contributed by atoms with Gasteiger partial charge in [0.15, 0.2) is 5.82 Å². The number of halogens is 2. The Hall–Kier alpha value is -2.64. The minimum absolute atomic E-state index is 0.0757. The largest absolute Gasteiger partial charge is 0.368 e. The smallest absolute Gasteiger partial charge is 0.222 e. The highest BCUT2D eigenvalue weighted by atomic mass is 35.5. The van der Waals surface area contributed by atoms with Crippen molar-refractivity contribution < 1.29 is 4.79 Å². The summed E-state index contributed by atoms with van der Waals surface area (Å²) in [6.07, 6.45) is 0. The van der Waals surface area contributed by atoms with E-state index < -0.39 is 0 Å². The summed E-state index contributed by atoms with van der Waals surface area (Å²) in [4.78, 5) is 29.0. The summed E-state index contributed by atoms with van der Waals surface area (Å²) < 4.78 is 0. The van der Waals surface area contributed by atoms with Crippen LogP contribution in [0.3, 0.4) is 0 Å². The van der Waals surface area contributed by atoms with Crippen molar-refractivity contribution in [1.29, 1.82) is 0 Å². The number of anilines is 2. The first kappa shape index (κ1) is 18.7. The molecule has 0 unspecified atom stereocenters. The number of benzene rings is 1. The number of hydrogen-bond acceptors (Lipinski definition) is 6. The number of carbonyl (C=O) groups is 1. The summed E-state index contributed by atoms with van der Waals surface area (Å²) in [6, 6.07) is 9.12. The molecule has 4 rings (SSSR count). The molecule has 0 aliphatic carbocycles. The highest BCUT2D eigenvalue weighted by molar-refractivity contribution is 6.42. The second kappa shape index (κ2) is 7.41. The predicted molar refractivity (Wildman–Crippen MR) is 112 cm³/mol. The molecule has 1 fully saturated rings. The average Bonchev–Trinajstić information content (AvgIpc) is 2.69. The second-order valence-corrected chi connectivity index (χ2v) is 7.41. The van der Waals surface area contributed by atoms with E-state index in [1.807, 2.05) is 23.1 Å². The lowest BCUT2D eigenvalue weighted by Crippen LogP contribution is -2.48. The van der Waals surface area contributed by atoms with Crippen LogP contribution in [0, 0.1) is 0 Å². The molecule has 2 N–H and O–H groups in total. The lowest BCUT2D eigenvalue weighted by atomic mass is 10.1. The van der Waals surface area contributed by atoms with Crippen LogP contribution in [0.4, 0.5) is 11.8 Å². The molecule has 3 aromatic rings. The zero-order valence-electron chi connectivity index (χ0n) is 15.2. The van der Waals surface area contributed by atoms with E-state index in [-0.39, 0.29) is 11.9 Å². The summed E-state index contributed by atoms with van der Waals surface area (Å²) in [6.45, 7) is 4.16. The van der Waals surface area contributed by atoms with Gasteiger partial charge in [0.05, 0.1) is 21.3 Å². The van der Waals surface area contributed by atoms with E-state index in [9.17, 15) is 4.79 Å². The molecule has 144 valence electrons. The topological polar surface area (TPSA) is 88.2 Å². The number of carbonyl (C=O) groups excluding carboxylic acids is 1. The summed E-state index contributed by atoms with van der Waals surface area (Å²) in [7, 11) is 0. The summed E-state index contributed by atoms with van der Waals surface area (Å²) in [5.41, 5.74) is 8.83. The highest BCUT2D eigenvalue weighted by Crippen LogP contribution is 2.30. The Morgan fingerprint density at radius 1 is 1.00 bits per heavy atom. The summed E-state index contributed by atoms with van der Waals surface area (Å²) in [5, 5.41) is 0.960. The van der Waals surface area contributed by atoms with Crippen molar-refractivity contribution >= 4 is 51.9 Å². The number of piperazine rings is 1. The van der Waals surface area contributed by atoms with Gasteiger partial charge in [-0.3, -0.25) is 4.79 Å².